The van der Waals surface area contributed by atoms with E-state index >= 15 is 0 Å². The number of carbonyl (C=O) groups is 2. The molecule has 8 nitrogen and oxygen atoms in total. The summed E-state index contributed by atoms with van der Waals surface area (Å²) in [5.74, 6) is 2.29. The summed E-state index contributed by atoms with van der Waals surface area (Å²) in [6, 6.07) is 15.8. The number of hydrogen-bond acceptors (Lipinski definition) is 6. The third-order valence-corrected chi connectivity index (χ3v) is 7.26. The van der Waals surface area contributed by atoms with E-state index < -0.39 is 0 Å². The van der Waals surface area contributed by atoms with E-state index in [0.717, 1.165) is 22.4 Å². The van der Waals surface area contributed by atoms with Crippen molar-refractivity contribution in [3.8, 4) is 22.8 Å². The number of fused-ring (bicyclic) bond motifs is 2. The van der Waals surface area contributed by atoms with Gasteiger partial charge in [0.2, 0.25) is 18.6 Å². The van der Waals surface area contributed by atoms with Crippen LogP contribution in [0.5, 0.6) is 11.5 Å². The molecule has 2 aliphatic heterocycles. The Kier molecular flexibility index (Phi) is 6.42. The van der Waals surface area contributed by atoms with Crippen molar-refractivity contribution in [2.75, 3.05) is 30.5 Å². The van der Waals surface area contributed by atoms with Gasteiger partial charge < -0.3 is 14.8 Å². The second-order valence-electron chi connectivity index (χ2n) is 9.06. The number of ether oxygens (including phenoxy) is 2. The van der Waals surface area contributed by atoms with Crippen LogP contribution in [0.25, 0.3) is 11.3 Å². The Labute approximate surface area is 208 Å². The normalized spacial score (nSPS) is 16.9. The number of aryl methyl sites for hydroxylation is 1. The van der Waals surface area contributed by atoms with Crippen LogP contribution in [-0.2, 0) is 16.6 Å². The highest BCUT2D eigenvalue weighted by atomic mass is 32.2. The maximum atomic E-state index is 13.4. The van der Waals surface area contributed by atoms with Crippen LogP contribution < -0.4 is 19.7 Å². The molecule has 0 bridgehead atoms. The minimum atomic E-state index is -0.188. The first-order valence-corrected chi connectivity index (χ1v) is 12.7. The summed E-state index contributed by atoms with van der Waals surface area (Å²) in [5.41, 5.74) is 3.64. The van der Waals surface area contributed by atoms with E-state index in [-0.39, 0.29) is 36.2 Å². The quantitative estimate of drug-likeness (QED) is 0.564. The van der Waals surface area contributed by atoms with E-state index in [1.54, 1.807) is 9.58 Å². The van der Waals surface area contributed by atoms with Crippen molar-refractivity contribution >= 4 is 29.4 Å². The van der Waals surface area contributed by atoms with Gasteiger partial charge in [0, 0.05) is 24.7 Å². The van der Waals surface area contributed by atoms with Crippen molar-refractivity contribution in [1.29, 1.82) is 0 Å². The van der Waals surface area contributed by atoms with E-state index in [1.165, 1.54) is 11.8 Å². The van der Waals surface area contributed by atoms with Gasteiger partial charge in [0.05, 0.1) is 16.7 Å². The summed E-state index contributed by atoms with van der Waals surface area (Å²) in [4.78, 5) is 27.7. The van der Waals surface area contributed by atoms with Gasteiger partial charge >= 0.3 is 0 Å². The number of rotatable bonds is 6. The lowest BCUT2D eigenvalue weighted by Crippen LogP contribution is -2.43. The summed E-state index contributed by atoms with van der Waals surface area (Å²) in [7, 11) is 1.82. The van der Waals surface area contributed by atoms with E-state index in [2.05, 4.69) is 5.32 Å². The number of nitrogens with one attached hydrogen (secondary N) is 1. The zero-order valence-corrected chi connectivity index (χ0v) is 20.8. The molecule has 0 spiro atoms. The first-order valence-electron chi connectivity index (χ1n) is 11.6. The summed E-state index contributed by atoms with van der Waals surface area (Å²) in [5, 5.41) is 7.59. The number of benzene rings is 2. The fourth-order valence-corrected chi connectivity index (χ4v) is 5.54. The van der Waals surface area contributed by atoms with Crippen molar-refractivity contribution in [1.82, 2.24) is 15.1 Å². The molecule has 182 valence electrons. The lowest BCUT2D eigenvalue weighted by Gasteiger charge is -2.22. The molecular weight excluding hydrogens is 464 g/mol. The summed E-state index contributed by atoms with van der Waals surface area (Å²) in [6.45, 7) is 4.77. The van der Waals surface area contributed by atoms with E-state index in [4.69, 9.17) is 14.6 Å². The van der Waals surface area contributed by atoms with Crippen LogP contribution >= 0.6 is 11.8 Å². The van der Waals surface area contributed by atoms with Crippen molar-refractivity contribution in [3.63, 3.8) is 0 Å². The minimum Gasteiger partial charge on any atom is -0.454 e. The van der Waals surface area contributed by atoms with Crippen molar-refractivity contribution in [2.45, 2.75) is 19.1 Å². The van der Waals surface area contributed by atoms with E-state index in [9.17, 15) is 9.59 Å². The van der Waals surface area contributed by atoms with Gasteiger partial charge in [0.25, 0.3) is 0 Å². The Bertz CT molecular complexity index is 1260. The SMILES string of the molecule is CC(C)CNC(=O)CN1C(=O)CSC(c2ccc3c(c2)OCO3)c2c(-c3ccccc3)nn(C)c21. The lowest BCUT2D eigenvalue weighted by atomic mass is 9.99. The van der Waals surface area contributed by atoms with Gasteiger partial charge in [-0.3, -0.25) is 19.2 Å². The minimum absolute atomic E-state index is 0.0548. The van der Waals surface area contributed by atoms with Gasteiger partial charge in [-0.2, -0.15) is 5.10 Å². The molecule has 2 aliphatic rings. The third kappa shape index (κ3) is 4.60. The van der Waals surface area contributed by atoms with Crippen LogP contribution in [0, 0.1) is 5.92 Å². The van der Waals surface area contributed by atoms with Crippen LogP contribution in [0.2, 0.25) is 0 Å². The molecule has 9 heteroatoms. The van der Waals surface area contributed by atoms with Crippen LogP contribution in [-0.4, -0.2) is 47.2 Å². The van der Waals surface area contributed by atoms with Crippen LogP contribution in [0.1, 0.15) is 30.2 Å². The van der Waals surface area contributed by atoms with Gasteiger partial charge in [0.15, 0.2) is 11.5 Å². The van der Waals surface area contributed by atoms with Crippen LogP contribution in [0.3, 0.4) is 0 Å². The van der Waals surface area contributed by atoms with Crippen LogP contribution in [0.4, 0.5) is 5.82 Å². The molecule has 1 atom stereocenters. The standard InChI is InChI=1S/C26H28N4O4S/c1-16(2)12-27-21(31)13-30-22(32)14-35-25(18-9-10-19-20(11-18)34-15-33-19)23-24(28-29(3)26(23)30)17-7-5-4-6-8-17/h4-11,16,25H,12-15H2,1-3H3,(H,27,31). The molecule has 0 fully saturated rings. The summed E-state index contributed by atoms with van der Waals surface area (Å²) in [6.07, 6.45) is 0. The average molecular weight is 493 g/mol. The molecule has 0 saturated heterocycles. The number of carbonyl (C=O) groups excluding carboxylic acids is 2. The number of aromatic nitrogens is 2. The molecule has 1 unspecified atom stereocenters. The van der Waals surface area contributed by atoms with E-state index in [1.807, 2.05) is 69.4 Å². The molecule has 0 aliphatic carbocycles. The average Bonchev–Trinajstić information content (AvgIpc) is 3.42. The Morgan fingerprint density at radius 1 is 1.17 bits per heavy atom. The van der Waals surface area contributed by atoms with Crippen molar-refractivity contribution < 1.29 is 19.1 Å². The Hall–Kier alpha value is -3.46. The highest BCUT2D eigenvalue weighted by Gasteiger charge is 2.37. The fourth-order valence-electron chi connectivity index (χ4n) is 4.36. The molecule has 35 heavy (non-hydrogen) atoms. The Morgan fingerprint density at radius 3 is 2.71 bits per heavy atom. The van der Waals surface area contributed by atoms with Gasteiger partial charge in [-0.1, -0.05) is 50.2 Å². The van der Waals surface area contributed by atoms with Gasteiger partial charge in [-0.05, 0) is 23.6 Å². The van der Waals surface area contributed by atoms with Gasteiger partial charge in [0.1, 0.15) is 12.4 Å². The number of anilines is 1. The number of amides is 2. The predicted molar refractivity (Wildman–Crippen MR) is 136 cm³/mol. The number of thioether (sulfide) groups is 1. The zero-order chi connectivity index (χ0) is 24.5. The molecule has 0 radical (unpaired) electrons. The van der Waals surface area contributed by atoms with Gasteiger partial charge in [-0.25, -0.2) is 0 Å². The topological polar surface area (TPSA) is 85.7 Å². The second kappa shape index (κ2) is 9.65. The molecule has 1 N–H and O–H groups in total. The molecule has 1 aromatic heterocycles. The second-order valence-corrected chi connectivity index (χ2v) is 10.2. The van der Waals surface area contributed by atoms with E-state index in [0.29, 0.717) is 29.8 Å². The van der Waals surface area contributed by atoms with Crippen LogP contribution in [0.15, 0.2) is 48.5 Å². The van der Waals surface area contributed by atoms with Crippen molar-refractivity contribution in [3.05, 3.63) is 59.7 Å². The van der Waals surface area contributed by atoms with Gasteiger partial charge in [-0.15, -0.1) is 11.8 Å². The summed E-state index contributed by atoms with van der Waals surface area (Å²) >= 11 is 1.53. The molecule has 0 saturated carbocycles. The highest BCUT2D eigenvalue weighted by Crippen LogP contribution is 2.49. The molecule has 2 amide bonds. The molecule has 5 rings (SSSR count). The summed E-state index contributed by atoms with van der Waals surface area (Å²) < 4.78 is 12.8. The first kappa shape index (κ1) is 23.3. The largest absolute Gasteiger partial charge is 0.454 e. The zero-order valence-electron chi connectivity index (χ0n) is 20.0. The maximum absolute atomic E-state index is 13.4. The molecule has 3 heterocycles. The maximum Gasteiger partial charge on any atom is 0.240 e. The number of nitrogens with zero attached hydrogens (tertiary/aromatic N) is 3. The Morgan fingerprint density at radius 2 is 1.94 bits per heavy atom. The smallest absolute Gasteiger partial charge is 0.240 e. The fraction of sp³-hybridized carbons (Fsp3) is 0.346. The molecule has 3 aromatic rings. The highest BCUT2D eigenvalue weighted by molar-refractivity contribution is 8.00. The lowest BCUT2D eigenvalue weighted by molar-refractivity contribution is -0.123. The first-order chi connectivity index (χ1) is 16.9. The third-order valence-electron chi connectivity index (χ3n) is 6.00. The van der Waals surface area contributed by atoms with Crippen molar-refractivity contribution in [2.24, 2.45) is 13.0 Å². The predicted octanol–water partition coefficient (Wildman–Crippen LogP) is 3.76. The monoisotopic (exact) mass is 492 g/mol. The number of hydrogen-bond donors (Lipinski definition) is 1. The Balaban J connectivity index is 1.62. The molecule has 2 aromatic carbocycles. The molecular formula is C26H28N4O4S.